The molecule has 2 nitrogen and oxygen atoms in total. The van der Waals surface area contributed by atoms with Gasteiger partial charge in [0.05, 0.1) is 5.69 Å². The Balaban J connectivity index is 2.28. The van der Waals surface area contributed by atoms with Crippen LogP contribution in [-0.2, 0) is 6.42 Å². The zero-order valence-corrected chi connectivity index (χ0v) is 10.3. The molecule has 0 unspecified atom stereocenters. The number of rotatable bonds is 0. The van der Waals surface area contributed by atoms with Gasteiger partial charge >= 0.3 is 0 Å². The van der Waals surface area contributed by atoms with Crippen LogP contribution in [0.2, 0.25) is 5.02 Å². The number of halogens is 1. The second-order valence-electron chi connectivity index (χ2n) is 4.18. The van der Waals surface area contributed by atoms with E-state index in [1.165, 1.54) is 0 Å². The van der Waals surface area contributed by atoms with Crippen LogP contribution in [0.25, 0.3) is 0 Å². The van der Waals surface area contributed by atoms with Crippen molar-refractivity contribution in [3.05, 3.63) is 64.2 Å². The van der Waals surface area contributed by atoms with Crippen LogP contribution in [0.4, 0.5) is 5.69 Å². The van der Waals surface area contributed by atoms with Crippen LogP contribution in [0.5, 0.6) is 0 Å². The molecule has 1 heterocycles. The average molecular weight is 253 g/mol. The highest BCUT2D eigenvalue weighted by Crippen LogP contribution is 2.30. The monoisotopic (exact) mass is 252 g/mol. The molecule has 1 aliphatic rings. The molecule has 0 aromatic heterocycles. The first-order chi connectivity index (χ1) is 8.78. The predicted octanol–water partition coefficient (Wildman–Crippen LogP) is 3.89. The lowest BCUT2D eigenvalue weighted by Crippen LogP contribution is -1.99. The van der Waals surface area contributed by atoms with Crippen molar-refractivity contribution in [2.45, 2.75) is 6.42 Å². The second kappa shape index (κ2) is 4.29. The first-order valence-electron chi connectivity index (χ1n) is 5.63. The van der Waals surface area contributed by atoms with Crippen molar-refractivity contribution in [2.75, 3.05) is 0 Å². The van der Waals surface area contributed by atoms with Gasteiger partial charge in [0.25, 0.3) is 0 Å². The van der Waals surface area contributed by atoms with E-state index in [4.69, 9.17) is 11.6 Å². The van der Waals surface area contributed by atoms with Crippen LogP contribution in [0.15, 0.2) is 47.5 Å². The number of benzene rings is 2. The third kappa shape index (κ3) is 1.79. The molecular weight excluding hydrogens is 244 g/mol. The van der Waals surface area contributed by atoms with Crippen molar-refractivity contribution in [1.29, 1.82) is 5.26 Å². The Morgan fingerprint density at radius 3 is 2.78 bits per heavy atom. The molecule has 18 heavy (non-hydrogen) atoms. The van der Waals surface area contributed by atoms with Gasteiger partial charge in [0, 0.05) is 17.0 Å². The summed E-state index contributed by atoms with van der Waals surface area (Å²) in [5.41, 5.74) is 4.37. The van der Waals surface area contributed by atoms with E-state index in [1.807, 2.05) is 36.4 Å². The van der Waals surface area contributed by atoms with Crippen molar-refractivity contribution in [3.63, 3.8) is 0 Å². The summed E-state index contributed by atoms with van der Waals surface area (Å²) >= 11 is 6.01. The topological polar surface area (TPSA) is 36.1 Å². The van der Waals surface area contributed by atoms with E-state index < -0.39 is 0 Å². The Bertz CT molecular complexity index is 696. The normalized spacial score (nSPS) is 12.8. The Kier molecular flexibility index (Phi) is 2.62. The lowest BCUT2D eigenvalue weighted by Gasteiger charge is -2.05. The molecule has 0 atom stereocenters. The summed E-state index contributed by atoms with van der Waals surface area (Å²) in [7, 11) is 0. The summed E-state index contributed by atoms with van der Waals surface area (Å²) in [4.78, 5) is 4.44. The van der Waals surface area contributed by atoms with Crippen molar-refractivity contribution < 1.29 is 0 Å². The van der Waals surface area contributed by atoms with Gasteiger partial charge < -0.3 is 0 Å². The number of nitrogens with zero attached hydrogens (tertiary/aromatic N) is 2. The standard InChI is InChI=1S/C15H9ClN2/c16-12-5-6-14-11(8-12)7-10-3-1-2-4-13(10)15(9-17)18-14/h1-6,8H,7H2. The third-order valence-electron chi connectivity index (χ3n) is 3.03. The van der Waals surface area contributed by atoms with E-state index in [1.54, 1.807) is 6.07 Å². The Hall–Kier alpha value is -2.11. The molecule has 0 N–H and O–H groups in total. The van der Waals surface area contributed by atoms with Gasteiger partial charge in [-0.15, -0.1) is 0 Å². The maximum Gasteiger partial charge on any atom is 0.148 e. The maximum atomic E-state index is 9.24. The molecule has 0 radical (unpaired) electrons. The van der Waals surface area contributed by atoms with E-state index in [0.29, 0.717) is 10.7 Å². The number of hydrogen-bond acceptors (Lipinski definition) is 2. The fraction of sp³-hybridized carbons (Fsp3) is 0.0667. The maximum absolute atomic E-state index is 9.24. The zero-order chi connectivity index (χ0) is 12.5. The number of nitriles is 1. The largest absolute Gasteiger partial charge is 0.237 e. The van der Waals surface area contributed by atoms with Crippen LogP contribution >= 0.6 is 11.6 Å². The second-order valence-corrected chi connectivity index (χ2v) is 4.62. The third-order valence-corrected chi connectivity index (χ3v) is 3.27. The molecule has 2 aromatic rings. The number of hydrogen-bond donors (Lipinski definition) is 0. The van der Waals surface area contributed by atoms with Crippen molar-refractivity contribution in [1.82, 2.24) is 0 Å². The molecule has 0 bridgehead atoms. The van der Waals surface area contributed by atoms with Crippen LogP contribution < -0.4 is 0 Å². The van der Waals surface area contributed by atoms with E-state index in [-0.39, 0.29) is 0 Å². The summed E-state index contributed by atoms with van der Waals surface area (Å²) in [5.74, 6) is 0. The Labute approximate surface area is 110 Å². The average Bonchev–Trinajstić information content (AvgIpc) is 2.54. The molecular formula is C15H9ClN2. The van der Waals surface area contributed by atoms with Gasteiger partial charge in [-0.1, -0.05) is 35.9 Å². The fourth-order valence-electron chi connectivity index (χ4n) is 2.18. The highest BCUT2D eigenvalue weighted by atomic mass is 35.5. The van der Waals surface area contributed by atoms with Crippen LogP contribution in [-0.4, -0.2) is 5.71 Å². The molecule has 0 aliphatic carbocycles. The van der Waals surface area contributed by atoms with Crippen LogP contribution in [0.3, 0.4) is 0 Å². The van der Waals surface area contributed by atoms with Crippen molar-refractivity contribution in [2.24, 2.45) is 4.99 Å². The van der Waals surface area contributed by atoms with Crippen LogP contribution in [0.1, 0.15) is 16.7 Å². The lowest BCUT2D eigenvalue weighted by molar-refractivity contribution is 1.19. The molecule has 3 rings (SSSR count). The Morgan fingerprint density at radius 1 is 1.11 bits per heavy atom. The van der Waals surface area contributed by atoms with Gasteiger partial charge in [-0.2, -0.15) is 5.26 Å². The zero-order valence-electron chi connectivity index (χ0n) is 9.52. The summed E-state index contributed by atoms with van der Waals surface area (Å²) in [6.45, 7) is 0. The summed E-state index contributed by atoms with van der Waals surface area (Å²) in [6.07, 6.45) is 0.751. The first kappa shape index (κ1) is 11.0. The van der Waals surface area contributed by atoms with Gasteiger partial charge in [0.1, 0.15) is 11.8 Å². The first-order valence-corrected chi connectivity index (χ1v) is 6.01. The summed E-state index contributed by atoms with van der Waals surface area (Å²) in [6, 6.07) is 15.6. The van der Waals surface area contributed by atoms with Gasteiger partial charge in [-0.05, 0) is 29.3 Å². The van der Waals surface area contributed by atoms with Gasteiger partial charge in [-0.25, -0.2) is 4.99 Å². The molecule has 1 aliphatic heterocycles. The molecule has 0 saturated carbocycles. The van der Waals surface area contributed by atoms with E-state index >= 15 is 0 Å². The molecule has 86 valence electrons. The van der Waals surface area contributed by atoms with E-state index in [0.717, 1.165) is 28.8 Å². The number of fused-ring (bicyclic) bond motifs is 2. The molecule has 0 saturated heterocycles. The number of aliphatic imine (C=N–C) groups is 1. The SMILES string of the molecule is N#CC1=Nc2ccc(Cl)cc2Cc2ccccc21. The minimum absolute atomic E-state index is 0.465. The quantitative estimate of drug-likeness (QED) is 0.701. The molecule has 0 amide bonds. The minimum atomic E-state index is 0.465. The highest BCUT2D eigenvalue weighted by molar-refractivity contribution is 6.30. The summed E-state index contributed by atoms with van der Waals surface area (Å²) in [5, 5.41) is 9.93. The van der Waals surface area contributed by atoms with Gasteiger partial charge in [-0.3, -0.25) is 0 Å². The van der Waals surface area contributed by atoms with Crippen molar-refractivity contribution >= 4 is 23.0 Å². The van der Waals surface area contributed by atoms with E-state index in [9.17, 15) is 5.26 Å². The molecule has 2 aromatic carbocycles. The highest BCUT2D eigenvalue weighted by Gasteiger charge is 2.16. The van der Waals surface area contributed by atoms with E-state index in [2.05, 4.69) is 11.1 Å². The smallest absolute Gasteiger partial charge is 0.148 e. The molecule has 0 spiro atoms. The van der Waals surface area contributed by atoms with Crippen LogP contribution in [0, 0.1) is 11.3 Å². The van der Waals surface area contributed by atoms with Gasteiger partial charge in [0.2, 0.25) is 0 Å². The lowest BCUT2D eigenvalue weighted by atomic mass is 9.98. The van der Waals surface area contributed by atoms with Gasteiger partial charge in [0.15, 0.2) is 0 Å². The summed E-state index contributed by atoms with van der Waals surface area (Å²) < 4.78 is 0. The predicted molar refractivity (Wildman–Crippen MR) is 72.5 cm³/mol. The fourth-order valence-corrected chi connectivity index (χ4v) is 2.38. The van der Waals surface area contributed by atoms with Crippen molar-refractivity contribution in [3.8, 4) is 6.07 Å². The molecule has 3 heteroatoms. The minimum Gasteiger partial charge on any atom is -0.237 e. The molecule has 0 fully saturated rings. The Morgan fingerprint density at radius 2 is 1.94 bits per heavy atom.